The topological polar surface area (TPSA) is 69.0 Å². The summed E-state index contributed by atoms with van der Waals surface area (Å²) in [5, 5.41) is 8.20. The van der Waals surface area contributed by atoms with E-state index in [4.69, 9.17) is 16.3 Å². The molecular weight excluding hydrogens is 412 g/mol. The molecule has 0 spiro atoms. The Balaban J connectivity index is 1.67. The highest BCUT2D eigenvalue weighted by molar-refractivity contribution is 6.31. The molecule has 1 aromatic heterocycles. The number of methoxy groups -OCH3 is 1. The third-order valence-electron chi connectivity index (χ3n) is 4.79. The van der Waals surface area contributed by atoms with Crippen molar-refractivity contribution in [3.63, 3.8) is 0 Å². The van der Waals surface area contributed by atoms with Crippen LogP contribution in [0.2, 0.25) is 5.02 Å². The van der Waals surface area contributed by atoms with E-state index in [0.29, 0.717) is 28.9 Å². The molecule has 0 unspecified atom stereocenters. The minimum Gasteiger partial charge on any atom is -0.497 e. The largest absolute Gasteiger partial charge is 0.497 e. The summed E-state index contributed by atoms with van der Waals surface area (Å²) in [6.07, 6.45) is 0. The fourth-order valence-electron chi connectivity index (χ4n) is 3.06. The molecule has 1 N–H and O–H groups in total. The van der Waals surface area contributed by atoms with Gasteiger partial charge in [0.1, 0.15) is 5.75 Å². The van der Waals surface area contributed by atoms with E-state index in [0.717, 1.165) is 22.4 Å². The smallest absolute Gasteiger partial charge is 0.281 e. The number of anilines is 1. The number of carbonyl (C=O) groups excluding carboxylic acids is 1. The molecule has 0 aliphatic rings. The van der Waals surface area contributed by atoms with Gasteiger partial charge in [-0.05, 0) is 42.8 Å². The Bertz CT molecular complexity index is 1200. The van der Waals surface area contributed by atoms with E-state index in [1.807, 2.05) is 55.5 Å². The quantitative estimate of drug-likeness (QED) is 0.452. The van der Waals surface area contributed by atoms with Crippen LogP contribution in [0.25, 0.3) is 11.4 Å². The van der Waals surface area contributed by atoms with Gasteiger partial charge in [0.15, 0.2) is 5.82 Å². The Kier molecular flexibility index (Phi) is 6.00. The Hall–Kier alpha value is -3.64. The number of nitrogens with zero attached hydrogens (tertiary/aromatic N) is 3. The molecule has 1 heterocycles. The van der Waals surface area contributed by atoms with Crippen molar-refractivity contribution >= 4 is 23.5 Å². The SMILES string of the molecule is COc1ccc(CNc2nc(-c3ccc(C)cc3)nn2C(=O)c2cccc(Cl)c2)cc1. The lowest BCUT2D eigenvalue weighted by molar-refractivity contribution is 0.0947. The molecule has 0 saturated heterocycles. The number of rotatable bonds is 6. The van der Waals surface area contributed by atoms with Crippen LogP contribution in [0.5, 0.6) is 5.75 Å². The minimum atomic E-state index is -0.314. The van der Waals surface area contributed by atoms with Crippen LogP contribution in [-0.4, -0.2) is 27.8 Å². The predicted molar refractivity (Wildman–Crippen MR) is 122 cm³/mol. The van der Waals surface area contributed by atoms with E-state index in [1.165, 1.54) is 4.68 Å². The fraction of sp³-hybridized carbons (Fsp3) is 0.125. The molecule has 0 atom stereocenters. The summed E-state index contributed by atoms with van der Waals surface area (Å²) in [7, 11) is 1.63. The van der Waals surface area contributed by atoms with Gasteiger partial charge in [0.05, 0.1) is 7.11 Å². The number of benzene rings is 3. The molecule has 4 rings (SSSR count). The summed E-state index contributed by atoms with van der Waals surface area (Å²) in [5.74, 6) is 1.29. The fourth-order valence-corrected chi connectivity index (χ4v) is 3.25. The van der Waals surface area contributed by atoms with Crippen molar-refractivity contribution in [1.82, 2.24) is 14.8 Å². The van der Waals surface area contributed by atoms with Crippen molar-refractivity contribution in [3.05, 3.63) is 94.5 Å². The molecule has 156 valence electrons. The van der Waals surface area contributed by atoms with Crippen molar-refractivity contribution in [2.75, 3.05) is 12.4 Å². The number of halogens is 1. The van der Waals surface area contributed by atoms with Crippen LogP contribution in [0.4, 0.5) is 5.95 Å². The van der Waals surface area contributed by atoms with Crippen LogP contribution >= 0.6 is 11.6 Å². The first-order chi connectivity index (χ1) is 15.0. The average Bonchev–Trinajstić information content (AvgIpc) is 3.22. The van der Waals surface area contributed by atoms with Crippen molar-refractivity contribution in [2.45, 2.75) is 13.5 Å². The molecule has 31 heavy (non-hydrogen) atoms. The van der Waals surface area contributed by atoms with Gasteiger partial charge < -0.3 is 10.1 Å². The average molecular weight is 433 g/mol. The van der Waals surface area contributed by atoms with E-state index in [-0.39, 0.29) is 5.91 Å². The number of aryl methyl sites for hydroxylation is 1. The van der Waals surface area contributed by atoms with E-state index in [2.05, 4.69) is 15.4 Å². The summed E-state index contributed by atoms with van der Waals surface area (Å²) < 4.78 is 6.48. The highest BCUT2D eigenvalue weighted by Gasteiger charge is 2.19. The van der Waals surface area contributed by atoms with Crippen LogP contribution < -0.4 is 10.1 Å². The summed E-state index contributed by atoms with van der Waals surface area (Å²) in [4.78, 5) is 17.7. The molecule has 0 aliphatic carbocycles. The molecule has 0 aliphatic heterocycles. The maximum atomic E-state index is 13.2. The highest BCUT2D eigenvalue weighted by Crippen LogP contribution is 2.21. The van der Waals surface area contributed by atoms with Gasteiger partial charge in [-0.1, -0.05) is 59.6 Å². The van der Waals surface area contributed by atoms with Gasteiger partial charge >= 0.3 is 0 Å². The van der Waals surface area contributed by atoms with Crippen LogP contribution in [0.15, 0.2) is 72.8 Å². The number of hydrogen-bond acceptors (Lipinski definition) is 5. The van der Waals surface area contributed by atoms with Crippen molar-refractivity contribution in [3.8, 4) is 17.1 Å². The number of nitrogens with one attached hydrogen (secondary N) is 1. The van der Waals surface area contributed by atoms with Crippen LogP contribution in [0.1, 0.15) is 21.5 Å². The lowest BCUT2D eigenvalue weighted by atomic mass is 10.1. The van der Waals surface area contributed by atoms with Gasteiger partial charge in [-0.25, -0.2) is 0 Å². The van der Waals surface area contributed by atoms with Crippen LogP contribution in [0, 0.1) is 6.92 Å². The molecule has 6 nitrogen and oxygen atoms in total. The lowest BCUT2D eigenvalue weighted by Crippen LogP contribution is -2.17. The zero-order valence-electron chi connectivity index (χ0n) is 17.2. The van der Waals surface area contributed by atoms with Gasteiger partial charge in [0, 0.05) is 22.7 Å². The molecule has 0 radical (unpaired) electrons. The van der Waals surface area contributed by atoms with Crippen LogP contribution in [0.3, 0.4) is 0 Å². The van der Waals surface area contributed by atoms with Gasteiger partial charge in [-0.3, -0.25) is 4.79 Å². The van der Waals surface area contributed by atoms with Crippen LogP contribution in [-0.2, 0) is 6.54 Å². The normalized spacial score (nSPS) is 10.7. The second-order valence-corrected chi connectivity index (χ2v) is 7.49. The van der Waals surface area contributed by atoms with Gasteiger partial charge in [0.25, 0.3) is 5.91 Å². The summed E-state index contributed by atoms with van der Waals surface area (Å²) in [6.45, 7) is 2.49. The Labute approximate surface area is 185 Å². The zero-order chi connectivity index (χ0) is 21.8. The first-order valence-corrected chi connectivity index (χ1v) is 10.1. The third kappa shape index (κ3) is 4.75. The highest BCUT2D eigenvalue weighted by atomic mass is 35.5. The first-order valence-electron chi connectivity index (χ1n) is 9.74. The molecule has 0 saturated carbocycles. The van der Waals surface area contributed by atoms with Gasteiger partial charge in [0.2, 0.25) is 5.95 Å². The Morgan fingerprint density at radius 1 is 1.06 bits per heavy atom. The van der Waals surface area contributed by atoms with Crippen molar-refractivity contribution < 1.29 is 9.53 Å². The van der Waals surface area contributed by atoms with E-state index >= 15 is 0 Å². The number of ether oxygens (including phenoxy) is 1. The summed E-state index contributed by atoms with van der Waals surface area (Å²) in [6, 6.07) is 22.3. The lowest BCUT2D eigenvalue weighted by Gasteiger charge is -2.08. The first kappa shape index (κ1) is 20.6. The Morgan fingerprint density at radius 2 is 1.81 bits per heavy atom. The maximum absolute atomic E-state index is 13.2. The second kappa shape index (κ2) is 9.02. The zero-order valence-corrected chi connectivity index (χ0v) is 17.9. The minimum absolute atomic E-state index is 0.314. The number of aromatic nitrogens is 3. The second-order valence-electron chi connectivity index (χ2n) is 7.05. The molecule has 3 aromatic carbocycles. The number of carbonyl (C=O) groups is 1. The number of hydrogen-bond donors (Lipinski definition) is 1. The molecule has 0 bridgehead atoms. The molecule has 7 heteroatoms. The standard InChI is InChI=1S/C24H21ClN4O2/c1-16-6-10-18(11-7-16)22-27-24(26-15-17-8-12-21(31-2)13-9-17)29(28-22)23(30)19-4-3-5-20(25)14-19/h3-14H,15H2,1-2H3,(H,26,27,28). The summed E-state index contributed by atoms with van der Waals surface area (Å²) >= 11 is 6.07. The van der Waals surface area contributed by atoms with E-state index < -0.39 is 0 Å². The van der Waals surface area contributed by atoms with Crippen molar-refractivity contribution in [2.24, 2.45) is 0 Å². The predicted octanol–water partition coefficient (Wildman–Crippen LogP) is 5.22. The van der Waals surface area contributed by atoms with E-state index in [1.54, 1.807) is 31.4 Å². The molecule has 0 amide bonds. The molecular formula is C24H21ClN4O2. The Morgan fingerprint density at radius 3 is 2.48 bits per heavy atom. The third-order valence-corrected chi connectivity index (χ3v) is 5.03. The molecule has 0 fully saturated rings. The molecule has 4 aromatic rings. The van der Waals surface area contributed by atoms with E-state index in [9.17, 15) is 4.79 Å². The monoisotopic (exact) mass is 432 g/mol. The van der Waals surface area contributed by atoms with Gasteiger partial charge in [-0.2, -0.15) is 9.67 Å². The summed E-state index contributed by atoms with van der Waals surface area (Å²) in [5.41, 5.74) is 3.41. The van der Waals surface area contributed by atoms with Gasteiger partial charge in [-0.15, -0.1) is 5.10 Å². The van der Waals surface area contributed by atoms with Crippen molar-refractivity contribution in [1.29, 1.82) is 0 Å². The maximum Gasteiger partial charge on any atom is 0.281 e.